The van der Waals surface area contributed by atoms with Crippen LogP contribution in [0.3, 0.4) is 0 Å². The van der Waals surface area contributed by atoms with Gasteiger partial charge in [0.2, 0.25) is 0 Å². The average Bonchev–Trinajstić information content (AvgIpc) is 3.26. The van der Waals surface area contributed by atoms with Gasteiger partial charge in [0.1, 0.15) is 5.65 Å². The smallest absolute Gasteiger partial charge is 0.355 e. The second-order valence-electron chi connectivity index (χ2n) is 10.8. The van der Waals surface area contributed by atoms with Gasteiger partial charge < -0.3 is 10.2 Å². The standard InChI is InChI=1S/C30H29BrF3N5O3/c1-16(2)11-20-14-36-39-25-15-37(28(41)19-7-10-24(31)23(13-19)30(32,33)34)17(3)12-22(25)29(42)38(27(20)39)21-8-5-18(6-9-21)26(40)35-4/h5-10,13-14,16-17H,11-12,15H2,1-4H3,(H,35,40)/t17-/m0/s1/i14D. The zero-order valence-electron chi connectivity index (χ0n) is 24.3. The maximum Gasteiger partial charge on any atom is 0.417 e. The first kappa shape index (κ1) is 28.2. The van der Waals surface area contributed by atoms with Crippen molar-refractivity contribution >= 4 is 33.4 Å². The van der Waals surface area contributed by atoms with Crippen LogP contribution < -0.4 is 10.9 Å². The Morgan fingerprint density at radius 1 is 1.17 bits per heavy atom. The molecular weight excluding hydrogens is 615 g/mol. The fourth-order valence-corrected chi connectivity index (χ4v) is 5.80. The zero-order valence-corrected chi connectivity index (χ0v) is 24.9. The van der Waals surface area contributed by atoms with Gasteiger partial charge in [-0.1, -0.05) is 29.8 Å². The summed E-state index contributed by atoms with van der Waals surface area (Å²) in [4.78, 5) is 41.3. The molecule has 0 unspecified atom stereocenters. The number of fused-ring (bicyclic) bond motifs is 3. The Morgan fingerprint density at radius 3 is 2.45 bits per heavy atom. The molecule has 1 aliphatic heterocycles. The van der Waals surface area contributed by atoms with E-state index in [1.165, 1.54) is 33.2 Å². The van der Waals surface area contributed by atoms with Crippen LogP contribution in [-0.2, 0) is 25.6 Å². The van der Waals surface area contributed by atoms with E-state index in [0.717, 1.165) is 6.07 Å². The van der Waals surface area contributed by atoms with Crippen molar-refractivity contribution in [1.29, 1.82) is 0 Å². The number of carbonyl (C=O) groups excluding carboxylic acids is 2. The van der Waals surface area contributed by atoms with Crippen molar-refractivity contribution in [1.82, 2.24) is 24.4 Å². The Balaban J connectivity index is 1.68. The predicted molar refractivity (Wildman–Crippen MR) is 155 cm³/mol. The Hall–Kier alpha value is -3.93. The van der Waals surface area contributed by atoms with E-state index >= 15 is 0 Å². The molecule has 8 nitrogen and oxygen atoms in total. The van der Waals surface area contributed by atoms with E-state index in [-0.39, 0.29) is 46.6 Å². The third-order valence-corrected chi connectivity index (χ3v) is 8.08. The number of alkyl halides is 3. The Kier molecular flexibility index (Phi) is 7.42. The number of rotatable bonds is 5. The molecule has 0 spiro atoms. The van der Waals surface area contributed by atoms with Crippen LogP contribution in [0.25, 0.3) is 11.3 Å². The molecule has 0 aliphatic carbocycles. The maximum absolute atomic E-state index is 14.2. The molecule has 2 aromatic heterocycles. The van der Waals surface area contributed by atoms with E-state index in [1.54, 1.807) is 31.2 Å². The van der Waals surface area contributed by atoms with E-state index in [1.807, 2.05) is 13.8 Å². The van der Waals surface area contributed by atoms with Gasteiger partial charge in [0.05, 0.1) is 31.0 Å². The highest BCUT2D eigenvalue weighted by Gasteiger charge is 2.36. The molecule has 2 amide bonds. The molecule has 3 heterocycles. The quantitative estimate of drug-likeness (QED) is 0.315. The number of carbonyl (C=O) groups is 2. The summed E-state index contributed by atoms with van der Waals surface area (Å²) in [5.41, 5.74) is 1.18. The lowest BCUT2D eigenvalue weighted by Crippen LogP contribution is -2.46. The summed E-state index contributed by atoms with van der Waals surface area (Å²) in [7, 11) is 1.52. The van der Waals surface area contributed by atoms with E-state index in [2.05, 4.69) is 26.3 Å². The third-order valence-electron chi connectivity index (χ3n) is 7.39. The lowest BCUT2D eigenvalue weighted by Gasteiger charge is -2.35. The highest BCUT2D eigenvalue weighted by molar-refractivity contribution is 9.10. The molecule has 4 aromatic rings. The van der Waals surface area contributed by atoms with E-state index in [0.29, 0.717) is 40.1 Å². The van der Waals surface area contributed by atoms with Crippen LogP contribution in [0, 0.1) is 5.92 Å². The molecule has 220 valence electrons. The molecule has 42 heavy (non-hydrogen) atoms. The minimum absolute atomic E-state index is 0.0172. The summed E-state index contributed by atoms with van der Waals surface area (Å²) in [6, 6.07) is 9.35. The van der Waals surface area contributed by atoms with E-state index < -0.39 is 23.7 Å². The number of amides is 2. The molecule has 0 saturated carbocycles. The number of benzene rings is 2. The first-order chi connectivity index (χ1) is 20.2. The first-order valence-electron chi connectivity index (χ1n) is 13.9. The molecule has 5 rings (SSSR count). The Bertz CT molecular complexity index is 1820. The topological polar surface area (TPSA) is 88.7 Å². The van der Waals surface area contributed by atoms with Crippen LogP contribution in [0.15, 0.2) is 57.9 Å². The van der Waals surface area contributed by atoms with Gasteiger partial charge in [0.15, 0.2) is 0 Å². The van der Waals surface area contributed by atoms with Gasteiger partial charge in [-0.25, -0.2) is 4.52 Å². The second kappa shape index (κ2) is 11.0. The third kappa shape index (κ3) is 5.23. The Morgan fingerprint density at radius 2 is 1.83 bits per heavy atom. The minimum atomic E-state index is -4.66. The van der Waals surface area contributed by atoms with Gasteiger partial charge in [-0.3, -0.25) is 19.0 Å². The molecule has 2 aromatic carbocycles. The monoisotopic (exact) mass is 644 g/mol. The van der Waals surface area contributed by atoms with Crippen LogP contribution in [0.4, 0.5) is 13.2 Å². The van der Waals surface area contributed by atoms with Gasteiger partial charge in [-0.15, -0.1) is 0 Å². The van der Waals surface area contributed by atoms with Crippen molar-refractivity contribution in [2.24, 2.45) is 5.92 Å². The fourth-order valence-electron chi connectivity index (χ4n) is 5.33. The van der Waals surface area contributed by atoms with Gasteiger partial charge in [-0.2, -0.15) is 18.3 Å². The SMILES string of the molecule is [2H]c1nn2c3c(c(=O)n(-c4ccc(C(=O)NC)cc4)c2c1CC(C)C)C[C@H](C)N(C(=O)c1ccc(Br)c(C(F)(F)F)c1)C3. The number of halogens is 4. The molecule has 1 aliphatic rings. The summed E-state index contributed by atoms with van der Waals surface area (Å²) in [5.74, 6) is -0.760. The van der Waals surface area contributed by atoms with Crippen LogP contribution in [0.5, 0.6) is 0 Å². The molecule has 1 atom stereocenters. The average molecular weight is 645 g/mol. The lowest BCUT2D eigenvalue weighted by atomic mass is 9.97. The highest BCUT2D eigenvalue weighted by atomic mass is 79.9. The van der Waals surface area contributed by atoms with E-state index in [9.17, 15) is 27.6 Å². The van der Waals surface area contributed by atoms with Gasteiger partial charge >= 0.3 is 6.18 Å². The van der Waals surface area contributed by atoms with Crippen LogP contribution in [0.1, 0.15) is 65.2 Å². The number of hydrogen-bond acceptors (Lipinski definition) is 4. The van der Waals surface area contributed by atoms with Crippen molar-refractivity contribution < 1.29 is 24.1 Å². The maximum atomic E-state index is 14.2. The lowest BCUT2D eigenvalue weighted by molar-refractivity contribution is -0.138. The molecule has 0 radical (unpaired) electrons. The van der Waals surface area contributed by atoms with Crippen LogP contribution in [0.2, 0.25) is 0 Å². The van der Waals surface area contributed by atoms with Gasteiger partial charge in [-0.05, 0) is 68.1 Å². The Labute approximate surface area is 249 Å². The summed E-state index contributed by atoms with van der Waals surface area (Å²) in [5, 5.41) is 7.04. The summed E-state index contributed by atoms with van der Waals surface area (Å²) in [6.45, 7) is 5.62. The number of nitrogens with one attached hydrogen (secondary N) is 1. The van der Waals surface area contributed by atoms with Crippen molar-refractivity contribution in [3.63, 3.8) is 0 Å². The van der Waals surface area contributed by atoms with Crippen LogP contribution >= 0.6 is 15.9 Å². The highest BCUT2D eigenvalue weighted by Crippen LogP contribution is 2.36. The van der Waals surface area contributed by atoms with Gasteiger partial charge in [0.25, 0.3) is 17.4 Å². The van der Waals surface area contributed by atoms with Crippen molar-refractivity contribution in [3.8, 4) is 5.69 Å². The minimum Gasteiger partial charge on any atom is -0.355 e. The van der Waals surface area contributed by atoms with Gasteiger partial charge in [0, 0.05) is 39.8 Å². The van der Waals surface area contributed by atoms with Crippen molar-refractivity contribution in [2.75, 3.05) is 7.05 Å². The first-order valence-corrected chi connectivity index (χ1v) is 14.2. The summed E-state index contributed by atoms with van der Waals surface area (Å²) < 4.78 is 52.2. The molecule has 12 heteroatoms. The molecule has 1 N–H and O–H groups in total. The number of hydrogen-bond donors (Lipinski definition) is 1. The van der Waals surface area contributed by atoms with Crippen molar-refractivity contribution in [3.05, 3.63) is 97.0 Å². The van der Waals surface area contributed by atoms with Crippen molar-refractivity contribution in [2.45, 2.75) is 52.4 Å². The normalized spacial score (nSPS) is 15.6. The fraction of sp³-hybridized carbons (Fsp3) is 0.333. The predicted octanol–water partition coefficient (Wildman–Crippen LogP) is 5.41. The molecular formula is C30H29BrF3N5O3. The molecule has 0 bridgehead atoms. The second-order valence-corrected chi connectivity index (χ2v) is 11.6. The summed E-state index contributed by atoms with van der Waals surface area (Å²) in [6.07, 6.45) is -4.09. The molecule has 0 saturated heterocycles. The number of nitrogens with zero attached hydrogens (tertiary/aromatic N) is 4. The molecule has 0 fully saturated rings. The largest absolute Gasteiger partial charge is 0.417 e. The van der Waals surface area contributed by atoms with Crippen LogP contribution in [-0.4, -0.2) is 44.0 Å². The zero-order chi connectivity index (χ0) is 31.4. The summed E-state index contributed by atoms with van der Waals surface area (Å²) >= 11 is 2.92. The number of aromatic nitrogens is 3. The van der Waals surface area contributed by atoms with E-state index in [4.69, 9.17) is 1.37 Å².